The molecular weight excluding hydrogens is 316 g/mol. The van der Waals surface area contributed by atoms with E-state index in [2.05, 4.69) is 4.98 Å². The van der Waals surface area contributed by atoms with Crippen LogP contribution in [0.5, 0.6) is 0 Å². The summed E-state index contributed by atoms with van der Waals surface area (Å²) < 4.78 is 24.3. The number of hydrogen-bond donors (Lipinski definition) is 1. The van der Waals surface area contributed by atoms with Crippen molar-refractivity contribution in [2.45, 2.75) is 13.3 Å². The monoisotopic (exact) mass is 334 g/mol. The number of benzene rings is 1. The summed E-state index contributed by atoms with van der Waals surface area (Å²) in [6.07, 6.45) is 3.80. The molecule has 7 nitrogen and oxygen atoms in total. The van der Waals surface area contributed by atoms with Gasteiger partial charge >= 0.3 is 0 Å². The Morgan fingerprint density at radius 2 is 1.91 bits per heavy atom. The molecule has 2 aromatic rings. The Balaban J connectivity index is 1.77. The average Bonchev–Trinajstić information content (AvgIpc) is 3.03. The lowest BCUT2D eigenvalue weighted by atomic mass is 10.1. The summed E-state index contributed by atoms with van der Waals surface area (Å²) in [7, 11) is -3.57. The van der Waals surface area contributed by atoms with Gasteiger partial charge in [0, 0.05) is 42.7 Å². The minimum Gasteiger partial charge on any atom is -0.312 e. The Kier molecular flexibility index (Phi) is 3.95. The summed E-state index contributed by atoms with van der Waals surface area (Å²) in [4.78, 5) is 17.9. The quantitative estimate of drug-likeness (QED) is 0.895. The molecule has 1 aromatic heterocycles. The first-order valence-electron chi connectivity index (χ1n) is 7.25. The van der Waals surface area contributed by atoms with Crippen molar-refractivity contribution < 1.29 is 13.2 Å². The molecule has 0 radical (unpaired) electrons. The van der Waals surface area contributed by atoms with E-state index < -0.39 is 10.0 Å². The van der Waals surface area contributed by atoms with Crippen LogP contribution in [-0.4, -0.2) is 36.2 Å². The van der Waals surface area contributed by atoms with E-state index in [4.69, 9.17) is 5.14 Å². The van der Waals surface area contributed by atoms with Gasteiger partial charge in [-0.05, 0) is 31.2 Å². The minimum atomic E-state index is -3.57. The van der Waals surface area contributed by atoms with Gasteiger partial charge in [-0.1, -0.05) is 0 Å². The molecule has 2 heterocycles. The van der Waals surface area contributed by atoms with E-state index in [0.717, 1.165) is 17.2 Å². The van der Waals surface area contributed by atoms with Crippen molar-refractivity contribution in [3.05, 3.63) is 42.5 Å². The lowest BCUT2D eigenvalue weighted by Crippen LogP contribution is -2.27. The number of carbonyl (C=O) groups is 1. The van der Waals surface area contributed by atoms with E-state index in [1.807, 2.05) is 42.0 Å². The van der Waals surface area contributed by atoms with Crippen LogP contribution in [0.4, 0.5) is 5.69 Å². The van der Waals surface area contributed by atoms with Crippen LogP contribution in [0.25, 0.3) is 5.69 Å². The van der Waals surface area contributed by atoms with Gasteiger partial charge in [0.25, 0.3) is 0 Å². The number of nitrogens with zero attached hydrogens (tertiary/aromatic N) is 3. The standard InChI is InChI=1S/C15H18N4O3S/c1-11-17-6-7-18(11)13-2-4-14(5-3-13)19-9-12(8-15(19)20)10-23(16,21)22/h2-7,12H,8-10H2,1H3,(H2,16,21,22). The van der Waals surface area contributed by atoms with Gasteiger partial charge in [-0.2, -0.15) is 0 Å². The maximum Gasteiger partial charge on any atom is 0.227 e. The maximum absolute atomic E-state index is 12.1. The third-order valence-electron chi connectivity index (χ3n) is 3.94. The van der Waals surface area contributed by atoms with Crippen molar-refractivity contribution in [1.82, 2.24) is 9.55 Å². The predicted octanol–water partition coefficient (Wildman–Crippen LogP) is 0.822. The van der Waals surface area contributed by atoms with E-state index in [1.165, 1.54) is 0 Å². The van der Waals surface area contributed by atoms with E-state index in [1.54, 1.807) is 11.1 Å². The molecule has 1 amide bonds. The van der Waals surface area contributed by atoms with E-state index >= 15 is 0 Å². The summed E-state index contributed by atoms with van der Waals surface area (Å²) in [6.45, 7) is 2.29. The van der Waals surface area contributed by atoms with E-state index in [9.17, 15) is 13.2 Å². The smallest absolute Gasteiger partial charge is 0.227 e. The number of hydrogen-bond acceptors (Lipinski definition) is 4. The highest BCUT2D eigenvalue weighted by atomic mass is 32.2. The van der Waals surface area contributed by atoms with Crippen LogP contribution in [0, 0.1) is 12.8 Å². The van der Waals surface area contributed by atoms with Crippen LogP contribution in [0.3, 0.4) is 0 Å². The Labute approximate surface area is 134 Å². The molecule has 1 fully saturated rings. The molecular formula is C15H18N4O3S. The van der Waals surface area contributed by atoms with Gasteiger partial charge in [0.15, 0.2) is 0 Å². The number of imidazole rings is 1. The zero-order valence-corrected chi connectivity index (χ0v) is 13.5. The molecule has 0 bridgehead atoms. The number of primary sulfonamides is 1. The summed E-state index contributed by atoms with van der Waals surface area (Å²) in [5.74, 6) is 0.378. The number of sulfonamides is 1. The first-order chi connectivity index (χ1) is 10.8. The largest absolute Gasteiger partial charge is 0.312 e. The van der Waals surface area contributed by atoms with Gasteiger partial charge in [0.1, 0.15) is 5.82 Å². The van der Waals surface area contributed by atoms with Crippen LogP contribution in [-0.2, 0) is 14.8 Å². The number of anilines is 1. The number of amides is 1. The lowest BCUT2D eigenvalue weighted by molar-refractivity contribution is -0.117. The number of aryl methyl sites for hydroxylation is 1. The molecule has 1 unspecified atom stereocenters. The summed E-state index contributed by atoms with van der Waals surface area (Å²) >= 11 is 0. The molecule has 0 aliphatic carbocycles. The molecule has 0 spiro atoms. The first-order valence-corrected chi connectivity index (χ1v) is 8.96. The molecule has 1 saturated heterocycles. The van der Waals surface area contributed by atoms with Crippen molar-refractivity contribution >= 4 is 21.6 Å². The highest BCUT2D eigenvalue weighted by Gasteiger charge is 2.32. The third kappa shape index (κ3) is 3.43. The van der Waals surface area contributed by atoms with Crippen LogP contribution < -0.4 is 10.0 Å². The highest BCUT2D eigenvalue weighted by Crippen LogP contribution is 2.26. The molecule has 0 saturated carbocycles. The zero-order valence-electron chi connectivity index (χ0n) is 12.7. The number of carbonyl (C=O) groups excluding carboxylic acids is 1. The van der Waals surface area contributed by atoms with Gasteiger partial charge < -0.3 is 9.47 Å². The molecule has 8 heteroatoms. The number of nitrogens with two attached hydrogens (primary N) is 1. The Morgan fingerprint density at radius 3 is 2.48 bits per heavy atom. The summed E-state index contributed by atoms with van der Waals surface area (Å²) in [5.41, 5.74) is 1.71. The van der Waals surface area contributed by atoms with Gasteiger partial charge in [0.2, 0.25) is 15.9 Å². The maximum atomic E-state index is 12.1. The van der Waals surface area contributed by atoms with Crippen molar-refractivity contribution in [2.75, 3.05) is 17.2 Å². The minimum absolute atomic E-state index is 0.0785. The molecule has 1 aliphatic heterocycles. The fourth-order valence-corrected chi connectivity index (χ4v) is 3.80. The number of rotatable bonds is 4. The van der Waals surface area contributed by atoms with Gasteiger partial charge in [-0.3, -0.25) is 4.79 Å². The Morgan fingerprint density at radius 1 is 1.26 bits per heavy atom. The summed E-state index contributed by atoms with van der Waals surface area (Å²) in [5, 5.41) is 5.07. The average molecular weight is 334 g/mol. The van der Waals surface area contributed by atoms with Crippen molar-refractivity contribution in [1.29, 1.82) is 0 Å². The van der Waals surface area contributed by atoms with Crippen molar-refractivity contribution in [2.24, 2.45) is 11.1 Å². The Bertz CT molecular complexity index is 827. The van der Waals surface area contributed by atoms with Gasteiger partial charge in [-0.25, -0.2) is 18.5 Å². The molecule has 2 N–H and O–H groups in total. The van der Waals surface area contributed by atoms with Crippen LogP contribution in [0.2, 0.25) is 0 Å². The normalized spacial score (nSPS) is 18.6. The molecule has 1 aromatic carbocycles. The topological polar surface area (TPSA) is 98.3 Å². The van der Waals surface area contributed by atoms with E-state index in [-0.39, 0.29) is 24.0 Å². The fraction of sp³-hybridized carbons (Fsp3) is 0.333. The number of aromatic nitrogens is 2. The molecule has 122 valence electrons. The molecule has 23 heavy (non-hydrogen) atoms. The highest BCUT2D eigenvalue weighted by molar-refractivity contribution is 7.89. The fourth-order valence-electron chi connectivity index (χ4n) is 2.92. The Hall–Kier alpha value is -2.19. The third-order valence-corrected chi connectivity index (χ3v) is 4.87. The second-order valence-electron chi connectivity index (χ2n) is 5.76. The van der Waals surface area contributed by atoms with Gasteiger partial charge in [0.05, 0.1) is 5.75 Å². The molecule has 3 rings (SSSR count). The van der Waals surface area contributed by atoms with Crippen molar-refractivity contribution in [3.63, 3.8) is 0 Å². The van der Waals surface area contributed by atoms with Crippen LogP contribution >= 0.6 is 0 Å². The SMILES string of the molecule is Cc1nccn1-c1ccc(N2CC(CS(N)(=O)=O)CC2=O)cc1. The molecule has 1 aliphatic rings. The van der Waals surface area contributed by atoms with Crippen LogP contribution in [0.1, 0.15) is 12.2 Å². The lowest BCUT2D eigenvalue weighted by Gasteiger charge is -2.17. The predicted molar refractivity (Wildman–Crippen MR) is 86.7 cm³/mol. The first kappa shape index (κ1) is 15.7. The summed E-state index contributed by atoms with van der Waals surface area (Å²) in [6, 6.07) is 7.52. The van der Waals surface area contributed by atoms with E-state index in [0.29, 0.717) is 6.54 Å². The van der Waals surface area contributed by atoms with Gasteiger partial charge in [-0.15, -0.1) is 0 Å². The van der Waals surface area contributed by atoms with Crippen molar-refractivity contribution in [3.8, 4) is 5.69 Å². The molecule has 1 atom stereocenters. The second kappa shape index (κ2) is 5.78. The zero-order chi connectivity index (χ0) is 16.6. The second-order valence-corrected chi connectivity index (χ2v) is 7.42. The van der Waals surface area contributed by atoms with Crippen LogP contribution in [0.15, 0.2) is 36.7 Å².